The highest BCUT2D eigenvalue weighted by molar-refractivity contribution is 5.87. The highest BCUT2D eigenvalue weighted by atomic mass is 16.5. The van der Waals surface area contributed by atoms with Crippen molar-refractivity contribution >= 4 is 5.97 Å². The van der Waals surface area contributed by atoms with E-state index in [-0.39, 0.29) is 11.7 Å². The molecule has 0 amide bonds. The molecular weight excluding hydrogens is 234 g/mol. The third-order valence-electron chi connectivity index (χ3n) is 3.03. The van der Waals surface area contributed by atoms with Crippen LogP contribution in [-0.2, 0) is 0 Å². The van der Waals surface area contributed by atoms with E-state index in [1.54, 1.807) is 12.1 Å². The van der Waals surface area contributed by atoms with Crippen LogP contribution in [-0.4, -0.2) is 53.4 Å². The number of rotatable bonds is 5. The van der Waals surface area contributed by atoms with Crippen LogP contribution in [0.1, 0.15) is 16.8 Å². The third-order valence-corrected chi connectivity index (χ3v) is 3.03. The summed E-state index contributed by atoms with van der Waals surface area (Å²) in [6.07, 6.45) is 0.618. The normalized spacial score (nSPS) is 19.9. The first-order valence-corrected chi connectivity index (χ1v) is 6.02. The SMILES string of the molecule is O=C(O)c1ccc(OCCN2CCC(O)C2)cc1. The summed E-state index contributed by atoms with van der Waals surface area (Å²) in [5, 5.41) is 18.1. The number of likely N-dealkylation sites (tertiary alicyclic amines) is 1. The second kappa shape index (κ2) is 5.84. The number of β-amino-alcohol motifs (C(OH)–C–C–N with tert-alkyl or cyclic N) is 1. The number of carbonyl (C=O) groups is 1. The smallest absolute Gasteiger partial charge is 0.335 e. The fraction of sp³-hybridized carbons (Fsp3) is 0.462. The molecular formula is C13H17NO4. The van der Waals surface area contributed by atoms with Gasteiger partial charge >= 0.3 is 5.97 Å². The Balaban J connectivity index is 1.75. The van der Waals surface area contributed by atoms with Gasteiger partial charge in [0.1, 0.15) is 12.4 Å². The van der Waals surface area contributed by atoms with E-state index in [1.165, 1.54) is 12.1 Å². The van der Waals surface area contributed by atoms with Gasteiger partial charge in [-0.1, -0.05) is 0 Å². The van der Waals surface area contributed by atoms with Gasteiger partial charge in [-0.25, -0.2) is 4.79 Å². The Kier molecular flexibility index (Phi) is 4.17. The molecule has 98 valence electrons. The molecule has 0 bridgehead atoms. The summed E-state index contributed by atoms with van der Waals surface area (Å²) >= 11 is 0. The van der Waals surface area contributed by atoms with Crippen LogP contribution >= 0.6 is 0 Å². The van der Waals surface area contributed by atoms with Gasteiger partial charge in [-0.05, 0) is 30.7 Å². The van der Waals surface area contributed by atoms with Gasteiger partial charge in [-0.15, -0.1) is 0 Å². The lowest BCUT2D eigenvalue weighted by molar-refractivity contribution is 0.0697. The number of aromatic carboxylic acids is 1. The topological polar surface area (TPSA) is 70.0 Å². The Labute approximate surface area is 106 Å². The number of ether oxygens (including phenoxy) is 1. The van der Waals surface area contributed by atoms with E-state index in [4.69, 9.17) is 9.84 Å². The molecule has 0 aromatic heterocycles. The monoisotopic (exact) mass is 251 g/mol. The molecule has 1 atom stereocenters. The first kappa shape index (κ1) is 12.9. The maximum absolute atomic E-state index is 10.7. The molecule has 1 aromatic carbocycles. The lowest BCUT2D eigenvalue weighted by Gasteiger charge is -2.15. The molecule has 0 aliphatic carbocycles. The van der Waals surface area contributed by atoms with E-state index in [9.17, 15) is 9.90 Å². The molecule has 5 heteroatoms. The third kappa shape index (κ3) is 3.45. The van der Waals surface area contributed by atoms with E-state index in [2.05, 4.69) is 4.90 Å². The summed E-state index contributed by atoms with van der Waals surface area (Å²) < 4.78 is 5.52. The van der Waals surface area contributed by atoms with Gasteiger partial charge in [-0.3, -0.25) is 4.90 Å². The van der Waals surface area contributed by atoms with Gasteiger partial charge in [-0.2, -0.15) is 0 Å². The quantitative estimate of drug-likeness (QED) is 0.811. The van der Waals surface area contributed by atoms with E-state index >= 15 is 0 Å². The predicted molar refractivity (Wildman–Crippen MR) is 66.0 cm³/mol. The molecule has 2 rings (SSSR count). The lowest BCUT2D eigenvalue weighted by atomic mass is 10.2. The maximum Gasteiger partial charge on any atom is 0.335 e. The van der Waals surface area contributed by atoms with Gasteiger partial charge in [0.05, 0.1) is 11.7 Å². The van der Waals surface area contributed by atoms with Crippen molar-refractivity contribution in [1.29, 1.82) is 0 Å². The van der Waals surface area contributed by atoms with Gasteiger partial charge in [0.15, 0.2) is 0 Å². The van der Waals surface area contributed by atoms with Crippen LogP contribution in [0.5, 0.6) is 5.75 Å². The van der Waals surface area contributed by atoms with Crippen molar-refractivity contribution in [2.24, 2.45) is 0 Å². The van der Waals surface area contributed by atoms with Gasteiger partial charge in [0, 0.05) is 19.6 Å². The van der Waals surface area contributed by atoms with E-state index in [1.807, 2.05) is 0 Å². The lowest BCUT2D eigenvalue weighted by Crippen LogP contribution is -2.27. The van der Waals surface area contributed by atoms with Crippen LogP contribution in [0.2, 0.25) is 0 Å². The Morgan fingerprint density at radius 1 is 1.39 bits per heavy atom. The number of aliphatic hydroxyl groups excluding tert-OH is 1. The summed E-state index contributed by atoms with van der Waals surface area (Å²) in [6, 6.07) is 6.36. The van der Waals surface area contributed by atoms with Gasteiger partial charge < -0.3 is 14.9 Å². The number of carboxylic acid groups (broad SMARTS) is 1. The Bertz CT molecular complexity index is 404. The minimum atomic E-state index is -0.937. The van der Waals surface area contributed by atoms with Crippen LogP contribution in [0.3, 0.4) is 0 Å². The van der Waals surface area contributed by atoms with Gasteiger partial charge in [0.2, 0.25) is 0 Å². The number of aliphatic hydroxyl groups is 1. The summed E-state index contributed by atoms with van der Waals surface area (Å²) in [6.45, 7) is 2.93. The second-order valence-electron chi connectivity index (χ2n) is 4.42. The molecule has 1 unspecified atom stereocenters. The van der Waals surface area contributed by atoms with Crippen molar-refractivity contribution in [3.05, 3.63) is 29.8 Å². The molecule has 1 saturated heterocycles. The average molecular weight is 251 g/mol. The van der Waals surface area contributed by atoms with Crippen molar-refractivity contribution in [3.8, 4) is 5.75 Å². The molecule has 18 heavy (non-hydrogen) atoms. The van der Waals surface area contributed by atoms with Gasteiger partial charge in [0.25, 0.3) is 0 Å². The van der Waals surface area contributed by atoms with Crippen molar-refractivity contribution in [2.45, 2.75) is 12.5 Å². The van der Waals surface area contributed by atoms with E-state index < -0.39 is 5.97 Å². The van der Waals surface area contributed by atoms with Crippen molar-refractivity contribution in [3.63, 3.8) is 0 Å². The largest absolute Gasteiger partial charge is 0.492 e. The molecule has 0 spiro atoms. The number of hydrogen-bond acceptors (Lipinski definition) is 4. The highest BCUT2D eigenvalue weighted by Gasteiger charge is 2.19. The minimum absolute atomic E-state index is 0.208. The molecule has 0 saturated carbocycles. The fourth-order valence-corrected chi connectivity index (χ4v) is 2.00. The first-order valence-electron chi connectivity index (χ1n) is 6.02. The predicted octanol–water partition coefficient (Wildman–Crippen LogP) is 0.830. The van der Waals surface area contributed by atoms with Crippen LogP contribution < -0.4 is 4.74 Å². The minimum Gasteiger partial charge on any atom is -0.492 e. The van der Waals surface area contributed by atoms with Crippen LogP contribution in [0.4, 0.5) is 0 Å². The van der Waals surface area contributed by atoms with Crippen LogP contribution in [0.15, 0.2) is 24.3 Å². The average Bonchev–Trinajstić information content (AvgIpc) is 2.76. The number of carboxylic acids is 1. The zero-order valence-electron chi connectivity index (χ0n) is 10.1. The summed E-state index contributed by atoms with van der Waals surface area (Å²) in [5.74, 6) is -0.271. The zero-order valence-corrected chi connectivity index (χ0v) is 10.1. The van der Waals surface area contributed by atoms with Crippen LogP contribution in [0.25, 0.3) is 0 Å². The molecule has 1 aromatic rings. The Hall–Kier alpha value is -1.59. The molecule has 1 heterocycles. The summed E-state index contributed by atoms with van der Waals surface area (Å²) in [7, 11) is 0. The number of hydrogen-bond donors (Lipinski definition) is 2. The Morgan fingerprint density at radius 2 is 2.11 bits per heavy atom. The molecule has 1 fully saturated rings. The molecule has 1 aliphatic heterocycles. The van der Waals surface area contributed by atoms with Crippen molar-refractivity contribution in [1.82, 2.24) is 4.90 Å². The highest BCUT2D eigenvalue weighted by Crippen LogP contribution is 2.13. The van der Waals surface area contributed by atoms with E-state index in [0.29, 0.717) is 18.9 Å². The number of nitrogens with zero attached hydrogens (tertiary/aromatic N) is 1. The second-order valence-corrected chi connectivity index (χ2v) is 4.42. The maximum atomic E-state index is 10.7. The first-order chi connectivity index (χ1) is 8.65. The van der Waals surface area contributed by atoms with E-state index in [0.717, 1.165) is 19.5 Å². The summed E-state index contributed by atoms with van der Waals surface area (Å²) in [4.78, 5) is 12.8. The molecule has 0 radical (unpaired) electrons. The Morgan fingerprint density at radius 3 is 2.67 bits per heavy atom. The molecule has 5 nitrogen and oxygen atoms in total. The van der Waals surface area contributed by atoms with Crippen LogP contribution in [0, 0.1) is 0 Å². The fourth-order valence-electron chi connectivity index (χ4n) is 2.00. The van der Waals surface area contributed by atoms with Crippen molar-refractivity contribution < 1.29 is 19.7 Å². The van der Waals surface area contributed by atoms with Crippen molar-refractivity contribution in [2.75, 3.05) is 26.2 Å². The summed E-state index contributed by atoms with van der Waals surface area (Å²) in [5.41, 5.74) is 0.255. The molecule has 1 aliphatic rings. The molecule has 2 N–H and O–H groups in total. The standard InChI is InChI=1S/C13H17NO4/c15-11-5-6-14(9-11)7-8-18-12-3-1-10(2-4-12)13(16)17/h1-4,11,15H,5-9H2,(H,16,17). The number of benzene rings is 1. The zero-order chi connectivity index (χ0) is 13.0.